The van der Waals surface area contributed by atoms with Gasteiger partial charge in [0, 0.05) is 13.1 Å². The highest BCUT2D eigenvalue weighted by Gasteiger charge is 2.34. The van der Waals surface area contributed by atoms with E-state index in [1.165, 1.54) is 26.0 Å². The Kier molecular flexibility index (Phi) is 7.66. The molecule has 1 aliphatic rings. The van der Waals surface area contributed by atoms with Gasteiger partial charge in [-0.1, -0.05) is 18.2 Å². The highest BCUT2D eigenvalue weighted by molar-refractivity contribution is 7.91. The predicted molar refractivity (Wildman–Crippen MR) is 109 cm³/mol. The average molecular weight is 426 g/mol. The molecule has 1 aromatic rings. The van der Waals surface area contributed by atoms with E-state index in [0.29, 0.717) is 17.9 Å². The van der Waals surface area contributed by atoms with E-state index in [9.17, 15) is 18.0 Å². The van der Waals surface area contributed by atoms with Crippen molar-refractivity contribution in [3.63, 3.8) is 0 Å². The van der Waals surface area contributed by atoms with E-state index < -0.39 is 40.5 Å². The third-order valence-corrected chi connectivity index (χ3v) is 6.40. The summed E-state index contributed by atoms with van der Waals surface area (Å²) in [6, 6.07) is 4.88. The van der Waals surface area contributed by atoms with E-state index in [4.69, 9.17) is 14.2 Å². The van der Waals surface area contributed by atoms with Crippen LogP contribution in [0.15, 0.2) is 24.3 Å². The molecule has 0 aliphatic carbocycles. The number of methoxy groups -OCH3 is 1. The molecular weight excluding hydrogens is 398 g/mol. The topological polar surface area (TPSA) is 99.2 Å². The van der Waals surface area contributed by atoms with Crippen LogP contribution in [0.2, 0.25) is 0 Å². The number of benzene rings is 1. The molecule has 1 amide bonds. The van der Waals surface area contributed by atoms with Gasteiger partial charge in [0.1, 0.15) is 0 Å². The summed E-state index contributed by atoms with van der Waals surface area (Å²) in [6.45, 7) is 2.96. The van der Waals surface area contributed by atoms with Gasteiger partial charge in [-0.05, 0) is 38.0 Å². The Labute approximate surface area is 171 Å². The number of hydrogen-bond acceptors (Lipinski definition) is 7. The third-order valence-electron chi connectivity index (χ3n) is 4.65. The molecule has 1 heterocycles. The van der Waals surface area contributed by atoms with Crippen LogP contribution in [0.5, 0.6) is 11.5 Å². The number of allylic oxidation sites excluding steroid dienone is 1. The Hall–Kier alpha value is -2.55. The van der Waals surface area contributed by atoms with Crippen LogP contribution in [0.25, 0.3) is 6.08 Å². The summed E-state index contributed by atoms with van der Waals surface area (Å²) in [5.41, 5.74) is 0.926. The van der Waals surface area contributed by atoms with Crippen LogP contribution in [-0.2, 0) is 24.2 Å². The van der Waals surface area contributed by atoms with Crippen LogP contribution in [-0.4, -0.2) is 69.6 Å². The first-order valence-corrected chi connectivity index (χ1v) is 11.1. The Morgan fingerprint density at radius 1 is 1.31 bits per heavy atom. The van der Waals surface area contributed by atoms with E-state index in [-0.39, 0.29) is 11.5 Å². The predicted octanol–water partition coefficient (Wildman–Crippen LogP) is 1.68. The summed E-state index contributed by atoms with van der Waals surface area (Å²) in [6.07, 6.45) is 3.14. The van der Waals surface area contributed by atoms with Gasteiger partial charge in [0.05, 0.1) is 18.6 Å². The minimum Gasteiger partial charge on any atom is -0.493 e. The zero-order chi connectivity index (χ0) is 21.6. The second-order valence-electron chi connectivity index (χ2n) is 6.84. The average Bonchev–Trinajstić information content (AvgIpc) is 3.05. The highest BCUT2D eigenvalue weighted by Crippen LogP contribution is 2.28. The fourth-order valence-electron chi connectivity index (χ4n) is 3.07. The van der Waals surface area contributed by atoms with E-state index in [0.717, 1.165) is 5.56 Å². The molecule has 1 saturated heterocycles. The maximum atomic E-state index is 12.4. The van der Waals surface area contributed by atoms with Crippen LogP contribution in [0, 0.1) is 0 Å². The van der Waals surface area contributed by atoms with Crippen molar-refractivity contribution >= 4 is 27.8 Å². The summed E-state index contributed by atoms with van der Waals surface area (Å²) in [5, 5.41) is 0. The number of likely N-dealkylation sites (N-methyl/N-ethyl adjacent to an activating group) is 1. The molecule has 1 aliphatic heterocycles. The minimum absolute atomic E-state index is 0.0615. The fourth-order valence-corrected chi connectivity index (χ4v) is 4.84. The lowest BCUT2D eigenvalue weighted by Gasteiger charge is -2.26. The lowest BCUT2D eigenvalue weighted by Crippen LogP contribution is -2.44. The molecule has 2 rings (SSSR count). The molecule has 1 fully saturated rings. The number of esters is 1. The van der Waals surface area contributed by atoms with Crippen molar-refractivity contribution in [3.8, 4) is 11.5 Å². The van der Waals surface area contributed by atoms with Crippen molar-refractivity contribution in [2.75, 3.05) is 32.3 Å². The quantitative estimate of drug-likeness (QED) is 0.584. The van der Waals surface area contributed by atoms with E-state index in [1.807, 2.05) is 25.1 Å². The molecule has 2 atom stereocenters. The minimum atomic E-state index is -3.11. The molecule has 9 heteroatoms. The fraction of sp³-hybridized carbons (Fsp3) is 0.500. The number of carbonyl (C=O) groups excluding carboxylic acids is 2. The maximum Gasteiger partial charge on any atom is 0.344 e. The van der Waals surface area contributed by atoms with Gasteiger partial charge in [-0.25, -0.2) is 13.2 Å². The van der Waals surface area contributed by atoms with Gasteiger partial charge >= 0.3 is 5.97 Å². The lowest BCUT2D eigenvalue weighted by atomic mass is 10.2. The summed E-state index contributed by atoms with van der Waals surface area (Å²) < 4.78 is 39.1. The van der Waals surface area contributed by atoms with Gasteiger partial charge in [-0.3, -0.25) is 4.79 Å². The Morgan fingerprint density at radius 2 is 2.03 bits per heavy atom. The number of rotatable bonds is 8. The van der Waals surface area contributed by atoms with Crippen molar-refractivity contribution in [3.05, 3.63) is 29.8 Å². The molecular formula is C20H27NO7S. The summed E-state index contributed by atoms with van der Waals surface area (Å²) in [5.74, 6) is -0.315. The second-order valence-corrected chi connectivity index (χ2v) is 9.07. The zero-order valence-corrected chi connectivity index (χ0v) is 17.9. The van der Waals surface area contributed by atoms with Gasteiger partial charge in [-0.2, -0.15) is 0 Å². The summed E-state index contributed by atoms with van der Waals surface area (Å²) in [7, 11) is -0.0938. The Balaban J connectivity index is 1.89. The van der Waals surface area contributed by atoms with Gasteiger partial charge in [-0.15, -0.1) is 0 Å². The number of ether oxygens (including phenoxy) is 3. The van der Waals surface area contributed by atoms with Gasteiger partial charge in [0.25, 0.3) is 5.91 Å². The summed E-state index contributed by atoms with van der Waals surface area (Å²) >= 11 is 0. The maximum absolute atomic E-state index is 12.4. The van der Waals surface area contributed by atoms with Crippen molar-refractivity contribution < 1.29 is 32.2 Å². The molecule has 160 valence electrons. The van der Waals surface area contributed by atoms with Gasteiger partial charge in [0.15, 0.2) is 34.0 Å². The van der Waals surface area contributed by atoms with Crippen molar-refractivity contribution in [1.29, 1.82) is 0 Å². The van der Waals surface area contributed by atoms with Crippen LogP contribution in [0.4, 0.5) is 0 Å². The van der Waals surface area contributed by atoms with E-state index in [1.54, 1.807) is 12.1 Å². The smallest absolute Gasteiger partial charge is 0.344 e. The molecule has 0 spiro atoms. The van der Waals surface area contributed by atoms with Gasteiger partial charge < -0.3 is 19.1 Å². The van der Waals surface area contributed by atoms with E-state index in [2.05, 4.69) is 0 Å². The number of hydrogen-bond donors (Lipinski definition) is 0. The molecule has 8 nitrogen and oxygen atoms in total. The molecule has 0 aromatic heterocycles. The van der Waals surface area contributed by atoms with Crippen molar-refractivity contribution in [2.45, 2.75) is 32.4 Å². The van der Waals surface area contributed by atoms with Crippen LogP contribution in [0.1, 0.15) is 25.8 Å². The number of nitrogens with zero attached hydrogens (tertiary/aromatic N) is 1. The van der Waals surface area contributed by atoms with E-state index >= 15 is 0 Å². The first-order chi connectivity index (χ1) is 13.7. The first kappa shape index (κ1) is 22.7. The number of amides is 1. The monoisotopic (exact) mass is 425 g/mol. The van der Waals surface area contributed by atoms with Crippen LogP contribution in [0.3, 0.4) is 0 Å². The molecule has 0 N–H and O–H groups in total. The number of sulfone groups is 1. The van der Waals surface area contributed by atoms with Gasteiger partial charge in [0.2, 0.25) is 0 Å². The summed E-state index contributed by atoms with van der Waals surface area (Å²) in [4.78, 5) is 25.9. The lowest BCUT2D eigenvalue weighted by molar-refractivity contribution is -0.160. The number of carbonyl (C=O) groups is 2. The Bertz CT molecular complexity index is 879. The zero-order valence-electron chi connectivity index (χ0n) is 17.1. The molecule has 0 unspecified atom stereocenters. The molecule has 0 saturated carbocycles. The molecule has 0 bridgehead atoms. The highest BCUT2D eigenvalue weighted by atomic mass is 32.2. The second kappa shape index (κ2) is 9.78. The molecule has 29 heavy (non-hydrogen) atoms. The molecule has 0 radical (unpaired) electrons. The van der Waals surface area contributed by atoms with Crippen LogP contribution >= 0.6 is 0 Å². The van der Waals surface area contributed by atoms with Crippen molar-refractivity contribution in [2.24, 2.45) is 0 Å². The Morgan fingerprint density at radius 3 is 2.62 bits per heavy atom. The molecule has 1 aromatic carbocycles. The van der Waals surface area contributed by atoms with Crippen LogP contribution < -0.4 is 9.47 Å². The first-order valence-electron chi connectivity index (χ1n) is 9.27. The van der Waals surface area contributed by atoms with Crippen molar-refractivity contribution in [1.82, 2.24) is 4.90 Å². The largest absolute Gasteiger partial charge is 0.493 e. The normalized spacial score (nSPS) is 19.0. The third kappa shape index (κ3) is 6.22. The SMILES string of the molecule is C/C=C/c1ccc(OCC(=O)O[C@@H](C)C(=O)N(C)[C@H]2CCS(=O)(=O)C2)c(OC)c1. The standard InChI is InChI=1S/C20H27NO7S/c1-5-6-15-7-8-17(18(11-15)26-4)27-12-19(22)28-14(2)20(23)21(3)16-9-10-29(24,25)13-16/h5-8,11,14,16H,9-10,12-13H2,1-4H3/b6-5+/t14-,16-/m0/s1.